The third-order valence-corrected chi connectivity index (χ3v) is 4.34. The predicted octanol–water partition coefficient (Wildman–Crippen LogP) is 2.68. The van der Waals surface area contributed by atoms with E-state index in [4.69, 9.17) is 11.1 Å². The number of rotatable bonds is 6. The number of carbonyl (C=O) groups excluding carboxylic acids is 1. The Kier molecular flexibility index (Phi) is 5.90. The normalized spacial score (nSPS) is 10.3. The smallest absolute Gasteiger partial charge is 0.324 e. The van der Waals surface area contributed by atoms with Crippen molar-refractivity contribution in [2.75, 3.05) is 6.54 Å². The van der Waals surface area contributed by atoms with Crippen LogP contribution < -0.4 is 11.1 Å². The number of thiophene rings is 1. The molecule has 2 heterocycles. The molecule has 2 aromatic heterocycles. The van der Waals surface area contributed by atoms with Gasteiger partial charge in [0.2, 0.25) is 0 Å². The summed E-state index contributed by atoms with van der Waals surface area (Å²) in [5.41, 5.74) is 7.63. The van der Waals surface area contributed by atoms with Crippen LogP contribution in [0.3, 0.4) is 0 Å². The lowest BCUT2D eigenvalue weighted by Crippen LogP contribution is -2.27. The van der Waals surface area contributed by atoms with Crippen LogP contribution in [0.4, 0.5) is 5.00 Å². The first-order valence-corrected chi connectivity index (χ1v) is 8.16. The van der Waals surface area contributed by atoms with Gasteiger partial charge in [0.05, 0.1) is 21.8 Å². The fraction of sp³-hybridized carbons (Fsp3) is 0.133. The van der Waals surface area contributed by atoms with E-state index in [1.165, 1.54) is 6.07 Å². The summed E-state index contributed by atoms with van der Waals surface area (Å²) in [6, 6.07) is 6.47. The average Bonchev–Trinajstić information content (AvgIpc) is 3.20. The van der Waals surface area contributed by atoms with Gasteiger partial charge in [0, 0.05) is 35.5 Å². The van der Waals surface area contributed by atoms with Crippen LogP contribution in [0.1, 0.15) is 16.8 Å². The second kappa shape index (κ2) is 7.93. The molecule has 0 bridgehead atoms. The summed E-state index contributed by atoms with van der Waals surface area (Å²) >= 11 is 1.03. The van der Waals surface area contributed by atoms with Gasteiger partial charge >= 0.3 is 5.00 Å². The van der Waals surface area contributed by atoms with E-state index in [0.29, 0.717) is 41.0 Å². The Morgan fingerprint density at radius 1 is 1.42 bits per heavy atom. The van der Waals surface area contributed by atoms with Crippen molar-refractivity contribution in [2.24, 2.45) is 5.73 Å². The Morgan fingerprint density at radius 2 is 2.19 bits per heavy atom. The minimum absolute atomic E-state index is 0. The molecule has 26 heavy (non-hydrogen) atoms. The van der Waals surface area contributed by atoms with Crippen LogP contribution in [-0.4, -0.2) is 33.2 Å². The Hall–Kier alpha value is -2.98. The zero-order chi connectivity index (χ0) is 18.0. The minimum atomic E-state index is -0.444. The van der Waals surface area contributed by atoms with Gasteiger partial charge in [-0.2, -0.15) is 0 Å². The zero-order valence-corrected chi connectivity index (χ0v) is 14.9. The van der Waals surface area contributed by atoms with E-state index in [-0.39, 0.29) is 29.2 Å². The van der Waals surface area contributed by atoms with Gasteiger partial charge < -0.3 is 16.0 Å². The number of carbonyl (C=O) groups is 1. The number of H-pyrrole nitrogens is 1. The van der Waals surface area contributed by atoms with Gasteiger partial charge in [-0.3, -0.25) is 20.3 Å². The van der Waals surface area contributed by atoms with Crippen LogP contribution >= 0.6 is 23.7 Å². The predicted molar refractivity (Wildman–Crippen MR) is 102 cm³/mol. The number of hydrogen-bond acceptors (Lipinski definition) is 6. The number of aromatic nitrogens is 2. The molecule has 9 nitrogen and oxygen atoms in total. The lowest BCUT2D eigenvalue weighted by atomic mass is 10.2. The molecule has 0 spiro atoms. The molecule has 0 radical (unpaired) electrons. The summed E-state index contributed by atoms with van der Waals surface area (Å²) in [5.74, 6) is 0.248. The van der Waals surface area contributed by atoms with Crippen molar-refractivity contribution in [1.29, 1.82) is 5.41 Å². The molecule has 0 saturated carbocycles. The molecule has 3 rings (SSSR count). The number of imidazole rings is 1. The molecular weight excluding hydrogens is 380 g/mol. The SMILES string of the molecule is Cl.N=C(N)CCNC(=O)c1ccc2nc(-c3csc([N+](=O)[O-])c3)[nH]c2c1. The number of halogens is 1. The molecule has 0 aliphatic heterocycles. The quantitative estimate of drug-likeness (QED) is 0.219. The van der Waals surface area contributed by atoms with Crippen LogP contribution in [0.25, 0.3) is 22.4 Å². The number of benzene rings is 1. The molecule has 0 fully saturated rings. The number of fused-ring (bicyclic) bond motifs is 1. The average molecular weight is 395 g/mol. The maximum Gasteiger partial charge on any atom is 0.324 e. The summed E-state index contributed by atoms with van der Waals surface area (Å²) in [6.07, 6.45) is 0.291. The molecule has 0 aliphatic rings. The van der Waals surface area contributed by atoms with Crippen LogP contribution in [-0.2, 0) is 0 Å². The van der Waals surface area contributed by atoms with Crippen LogP contribution in [0.15, 0.2) is 29.6 Å². The van der Waals surface area contributed by atoms with Crippen LogP contribution in [0.2, 0.25) is 0 Å². The van der Waals surface area contributed by atoms with E-state index in [9.17, 15) is 14.9 Å². The first kappa shape index (κ1) is 19.3. The summed E-state index contributed by atoms with van der Waals surface area (Å²) in [6.45, 7) is 0.291. The molecule has 11 heteroatoms. The number of amides is 1. The Labute approximate surface area is 157 Å². The summed E-state index contributed by atoms with van der Waals surface area (Å²) < 4.78 is 0. The van der Waals surface area contributed by atoms with Gasteiger partial charge in [0.15, 0.2) is 0 Å². The van der Waals surface area contributed by atoms with Gasteiger partial charge in [-0.05, 0) is 18.2 Å². The molecule has 0 atom stereocenters. The van der Waals surface area contributed by atoms with Crippen molar-refractivity contribution in [3.8, 4) is 11.4 Å². The van der Waals surface area contributed by atoms with E-state index >= 15 is 0 Å². The summed E-state index contributed by atoms with van der Waals surface area (Å²) in [4.78, 5) is 29.9. The van der Waals surface area contributed by atoms with Crippen molar-refractivity contribution in [2.45, 2.75) is 6.42 Å². The van der Waals surface area contributed by atoms with Gasteiger partial charge in [0.25, 0.3) is 5.91 Å². The third-order valence-electron chi connectivity index (χ3n) is 3.46. The van der Waals surface area contributed by atoms with Crippen LogP contribution in [0, 0.1) is 15.5 Å². The largest absolute Gasteiger partial charge is 0.388 e. The van der Waals surface area contributed by atoms with Gasteiger partial charge in [0.1, 0.15) is 5.82 Å². The molecule has 0 saturated heterocycles. The number of nitrogens with two attached hydrogens (primary N) is 1. The number of nitro groups is 1. The molecule has 3 aromatic rings. The number of hydrogen-bond donors (Lipinski definition) is 4. The Bertz CT molecular complexity index is 983. The van der Waals surface area contributed by atoms with Crippen molar-refractivity contribution in [1.82, 2.24) is 15.3 Å². The van der Waals surface area contributed by atoms with Crippen molar-refractivity contribution in [3.63, 3.8) is 0 Å². The van der Waals surface area contributed by atoms with Gasteiger partial charge in [-0.15, -0.1) is 12.4 Å². The molecule has 1 amide bonds. The maximum atomic E-state index is 12.1. The number of amidine groups is 1. The minimum Gasteiger partial charge on any atom is -0.388 e. The highest BCUT2D eigenvalue weighted by atomic mass is 35.5. The molecule has 136 valence electrons. The second-order valence-electron chi connectivity index (χ2n) is 5.28. The van der Waals surface area contributed by atoms with Gasteiger partial charge in [-0.25, -0.2) is 4.98 Å². The molecule has 1 aromatic carbocycles. The first-order chi connectivity index (χ1) is 11.9. The molecular formula is C15H15ClN6O3S. The topological polar surface area (TPSA) is 151 Å². The fourth-order valence-electron chi connectivity index (χ4n) is 2.25. The molecule has 0 unspecified atom stereocenters. The lowest BCUT2D eigenvalue weighted by Gasteiger charge is -2.04. The standard InChI is InChI=1S/C15H14N6O3S.ClH/c16-12(17)3-4-18-15(22)8-1-2-10-11(5-8)20-14(19-10)9-6-13(21(23)24)25-7-9;/h1-2,5-7H,3-4H2,(H3,16,17)(H,18,22)(H,19,20);1H. The molecule has 5 N–H and O–H groups in total. The number of nitrogens with one attached hydrogen (secondary N) is 3. The summed E-state index contributed by atoms with van der Waals surface area (Å²) in [7, 11) is 0. The van der Waals surface area contributed by atoms with Gasteiger partial charge in [-0.1, -0.05) is 11.3 Å². The van der Waals surface area contributed by atoms with Crippen molar-refractivity contribution < 1.29 is 9.72 Å². The fourth-order valence-corrected chi connectivity index (χ4v) is 2.95. The third kappa shape index (κ3) is 4.16. The van der Waals surface area contributed by atoms with E-state index in [1.807, 2.05) is 0 Å². The van der Waals surface area contributed by atoms with Crippen molar-refractivity contribution >= 4 is 51.5 Å². The number of nitrogens with zero attached hydrogens (tertiary/aromatic N) is 2. The van der Waals surface area contributed by atoms with E-state index in [0.717, 1.165) is 11.3 Å². The van der Waals surface area contributed by atoms with E-state index in [2.05, 4.69) is 15.3 Å². The highest BCUT2D eigenvalue weighted by Crippen LogP contribution is 2.30. The summed E-state index contributed by atoms with van der Waals surface area (Å²) in [5, 5.41) is 22.3. The second-order valence-corrected chi connectivity index (χ2v) is 6.17. The highest BCUT2D eigenvalue weighted by molar-refractivity contribution is 7.13. The zero-order valence-electron chi connectivity index (χ0n) is 13.3. The first-order valence-electron chi connectivity index (χ1n) is 7.28. The Balaban J connectivity index is 0.00000243. The monoisotopic (exact) mass is 394 g/mol. The van der Waals surface area contributed by atoms with E-state index < -0.39 is 4.92 Å². The number of aromatic amines is 1. The van der Waals surface area contributed by atoms with E-state index in [1.54, 1.807) is 23.6 Å². The molecule has 0 aliphatic carbocycles. The maximum absolute atomic E-state index is 12.1. The van der Waals surface area contributed by atoms with Crippen molar-refractivity contribution in [3.05, 3.63) is 45.3 Å². The lowest BCUT2D eigenvalue weighted by molar-refractivity contribution is -0.380. The Morgan fingerprint density at radius 3 is 2.85 bits per heavy atom. The highest BCUT2D eigenvalue weighted by Gasteiger charge is 2.14. The van der Waals surface area contributed by atoms with Crippen LogP contribution in [0.5, 0.6) is 0 Å².